The van der Waals surface area contributed by atoms with Gasteiger partial charge in [0.25, 0.3) is 5.91 Å². The molecule has 3 rings (SSSR count). The average Bonchev–Trinajstić information content (AvgIpc) is 2.91. The van der Waals surface area contributed by atoms with E-state index in [2.05, 4.69) is 43.2 Å². The number of halogens is 1. The number of carbonyl (C=O) groups excluding carboxylic acids is 1. The van der Waals surface area contributed by atoms with Crippen molar-refractivity contribution in [2.75, 3.05) is 31.1 Å². The molecule has 1 aliphatic rings. The molecule has 0 N–H and O–H groups in total. The van der Waals surface area contributed by atoms with Gasteiger partial charge in [-0.3, -0.25) is 4.79 Å². The molecule has 0 atom stereocenters. The Bertz CT molecular complexity index is 817. The predicted molar refractivity (Wildman–Crippen MR) is 109 cm³/mol. The van der Waals surface area contributed by atoms with Crippen molar-refractivity contribution in [3.63, 3.8) is 0 Å². The number of nitrogens with zero attached hydrogens (tertiary/aromatic N) is 3. The van der Waals surface area contributed by atoms with Gasteiger partial charge >= 0.3 is 0 Å². The first kappa shape index (κ1) is 18.8. The third-order valence-corrected chi connectivity index (χ3v) is 5.55. The van der Waals surface area contributed by atoms with E-state index in [0.29, 0.717) is 6.04 Å². The molecule has 1 aliphatic heterocycles. The molecule has 1 fully saturated rings. The Kier molecular flexibility index (Phi) is 5.33. The molecule has 2 heterocycles. The number of amides is 1. The van der Waals surface area contributed by atoms with Crippen molar-refractivity contribution >= 4 is 23.2 Å². The first-order valence-corrected chi connectivity index (χ1v) is 9.66. The fourth-order valence-corrected chi connectivity index (χ4v) is 4.20. The minimum absolute atomic E-state index is 0.146. The van der Waals surface area contributed by atoms with Crippen LogP contribution in [0.2, 0.25) is 5.02 Å². The average molecular weight is 374 g/mol. The van der Waals surface area contributed by atoms with Crippen LogP contribution in [0.3, 0.4) is 0 Å². The summed E-state index contributed by atoms with van der Waals surface area (Å²) in [4.78, 5) is 17.3. The number of aromatic nitrogens is 1. The zero-order valence-corrected chi connectivity index (χ0v) is 17.1. The maximum atomic E-state index is 13.0. The molecule has 26 heavy (non-hydrogen) atoms. The van der Waals surface area contributed by atoms with Crippen LogP contribution in [-0.4, -0.2) is 41.6 Å². The highest BCUT2D eigenvalue weighted by molar-refractivity contribution is 6.30. The summed E-state index contributed by atoms with van der Waals surface area (Å²) in [6.45, 7) is 13.7. The van der Waals surface area contributed by atoms with Crippen molar-refractivity contribution in [3.05, 3.63) is 51.8 Å². The van der Waals surface area contributed by atoms with Crippen molar-refractivity contribution < 1.29 is 4.79 Å². The van der Waals surface area contributed by atoms with E-state index in [4.69, 9.17) is 11.6 Å². The van der Waals surface area contributed by atoms with Gasteiger partial charge in [0, 0.05) is 54.3 Å². The van der Waals surface area contributed by atoms with E-state index in [1.807, 2.05) is 30.0 Å². The highest BCUT2D eigenvalue weighted by atomic mass is 35.5. The van der Waals surface area contributed by atoms with Crippen LogP contribution in [0.15, 0.2) is 24.3 Å². The molecule has 0 aliphatic carbocycles. The maximum absolute atomic E-state index is 13.0. The fourth-order valence-electron chi connectivity index (χ4n) is 4.03. The number of hydrogen-bond acceptors (Lipinski definition) is 2. The summed E-state index contributed by atoms with van der Waals surface area (Å²) >= 11 is 6.16. The summed E-state index contributed by atoms with van der Waals surface area (Å²) in [6.07, 6.45) is 0. The quantitative estimate of drug-likeness (QED) is 0.785. The Balaban J connectivity index is 1.73. The van der Waals surface area contributed by atoms with Gasteiger partial charge in [-0.1, -0.05) is 17.7 Å². The second-order valence-corrected chi connectivity index (χ2v) is 7.90. The minimum Gasteiger partial charge on any atom is -0.368 e. The van der Waals surface area contributed by atoms with Gasteiger partial charge in [-0.15, -0.1) is 0 Å². The molecule has 1 amide bonds. The molecular weight excluding hydrogens is 346 g/mol. The van der Waals surface area contributed by atoms with E-state index in [1.54, 1.807) is 0 Å². The highest BCUT2D eigenvalue weighted by Crippen LogP contribution is 2.26. The van der Waals surface area contributed by atoms with Crippen LogP contribution in [0.5, 0.6) is 0 Å². The van der Waals surface area contributed by atoms with Crippen LogP contribution in [0.4, 0.5) is 5.69 Å². The highest BCUT2D eigenvalue weighted by Gasteiger charge is 2.26. The monoisotopic (exact) mass is 373 g/mol. The molecule has 0 spiro atoms. The molecule has 1 aromatic carbocycles. The van der Waals surface area contributed by atoms with Crippen LogP contribution >= 0.6 is 11.6 Å². The van der Waals surface area contributed by atoms with Gasteiger partial charge in [-0.2, -0.15) is 0 Å². The fraction of sp³-hybridized carbons (Fsp3) is 0.476. The van der Waals surface area contributed by atoms with Crippen LogP contribution in [0, 0.1) is 20.8 Å². The first-order valence-electron chi connectivity index (χ1n) is 9.28. The van der Waals surface area contributed by atoms with Crippen LogP contribution in [-0.2, 0) is 0 Å². The molecule has 1 aromatic heterocycles. The lowest BCUT2D eigenvalue weighted by Crippen LogP contribution is -2.49. The van der Waals surface area contributed by atoms with Crippen LogP contribution < -0.4 is 4.90 Å². The molecule has 1 saturated heterocycles. The van der Waals surface area contributed by atoms with Gasteiger partial charge in [-0.25, -0.2) is 0 Å². The molecular formula is C21H28ClN3O. The largest absolute Gasteiger partial charge is 0.368 e. The molecule has 5 heteroatoms. The van der Waals surface area contributed by atoms with Gasteiger partial charge in [0.15, 0.2) is 0 Å². The number of aryl methyl sites for hydroxylation is 2. The van der Waals surface area contributed by atoms with Gasteiger partial charge in [0.2, 0.25) is 0 Å². The van der Waals surface area contributed by atoms with Crippen molar-refractivity contribution in [1.29, 1.82) is 0 Å². The lowest BCUT2D eigenvalue weighted by atomic mass is 10.1. The molecule has 0 saturated carbocycles. The smallest absolute Gasteiger partial charge is 0.255 e. The van der Waals surface area contributed by atoms with Gasteiger partial charge in [0.1, 0.15) is 0 Å². The molecule has 140 valence electrons. The van der Waals surface area contributed by atoms with Crippen molar-refractivity contribution in [1.82, 2.24) is 9.47 Å². The number of hydrogen-bond donors (Lipinski definition) is 0. The third-order valence-electron chi connectivity index (χ3n) is 5.31. The third kappa shape index (κ3) is 3.48. The lowest BCUT2D eigenvalue weighted by Gasteiger charge is -2.37. The van der Waals surface area contributed by atoms with Crippen molar-refractivity contribution in [3.8, 4) is 0 Å². The summed E-state index contributed by atoms with van der Waals surface area (Å²) < 4.78 is 2.23. The summed E-state index contributed by atoms with van der Waals surface area (Å²) in [5.74, 6) is 0.146. The maximum Gasteiger partial charge on any atom is 0.255 e. The summed E-state index contributed by atoms with van der Waals surface area (Å²) in [5.41, 5.74) is 5.44. The van der Waals surface area contributed by atoms with Gasteiger partial charge in [0.05, 0.1) is 5.56 Å². The number of anilines is 1. The zero-order chi connectivity index (χ0) is 19.0. The molecule has 0 radical (unpaired) electrons. The molecule has 0 bridgehead atoms. The number of piperazine rings is 1. The first-order chi connectivity index (χ1) is 12.3. The van der Waals surface area contributed by atoms with E-state index in [-0.39, 0.29) is 5.91 Å². The summed E-state index contributed by atoms with van der Waals surface area (Å²) in [7, 11) is 0. The van der Waals surface area contributed by atoms with E-state index >= 15 is 0 Å². The second kappa shape index (κ2) is 7.36. The Hall–Kier alpha value is -1.94. The SMILES string of the molecule is Cc1ccc(Cl)cc1N1CCN(C(=O)c2cc(C)n(C(C)C)c2C)CC1. The normalized spacial score (nSPS) is 15.0. The molecule has 4 nitrogen and oxygen atoms in total. The minimum atomic E-state index is 0.146. The van der Waals surface area contributed by atoms with E-state index in [1.165, 1.54) is 11.3 Å². The predicted octanol–water partition coefficient (Wildman–Crippen LogP) is 4.61. The van der Waals surface area contributed by atoms with Crippen molar-refractivity contribution in [2.45, 2.75) is 40.7 Å². The van der Waals surface area contributed by atoms with E-state index in [0.717, 1.165) is 48.2 Å². The van der Waals surface area contributed by atoms with Gasteiger partial charge < -0.3 is 14.4 Å². The number of carbonyl (C=O) groups is 1. The van der Waals surface area contributed by atoms with E-state index in [9.17, 15) is 4.79 Å². The van der Waals surface area contributed by atoms with Crippen LogP contribution in [0.25, 0.3) is 0 Å². The summed E-state index contributed by atoms with van der Waals surface area (Å²) in [6, 6.07) is 8.38. The number of benzene rings is 1. The topological polar surface area (TPSA) is 28.5 Å². The molecule has 2 aromatic rings. The Morgan fingerprint density at radius 1 is 1.04 bits per heavy atom. The zero-order valence-electron chi connectivity index (χ0n) is 16.3. The standard InChI is InChI=1S/C21H28ClN3O/c1-14(2)25-16(4)12-19(17(25)5)21(26)24-10-8-23(9-11-24)20-13-18(22)7-6-15(20)3/h6-7,12-14H,8-11H2,1-5H3. The summed E-state index contributed by atoms with van der Waals surface area (Å²) in [5, 5.41) is 0.755. The van der Waals surface area contributed by atoms with Gasteiger partial charge in [-0.05, 0) is 58.4 Å². The second-order valence-electron chi connectivity index (χ2n) is 7.46. The lowest BCUT2D eigenvalue weighted by molar-refractivity contribution is 0.0746. The number of rotatable bonds is 3. The van der Waals surface area contributed by atoms with E-state index < -0.39 is 0 Å². The Labute approximate surface area is 161 Å². The Morgan fingerprint density at radius 2 is 1.69 bits per heavy atom. The Morgan fingerprint density at radius 3 is 2.27 bits per heavy atom. The molecule has 0 unspecified atom stereocenters. The van der Waals surface area contributed by atoms with Crippen molar-refractivity contribution in [2.24, 2.45) is 0 Å². The van der Waals surface area contributed by atoms with Crippen LogP contribution in [0.1, 0.15) is 47.2 Å².